The van der Waals surface area contributed by atoms with Crippen molar-refractivity contribution < 1.29 is 0 Å². The van der Waals surface area contributed by atoms with Crippen molar-refractivity contribution in [3.8, 4) is 0 Å². The van der Waals surface area contributed by atoms with Gasteiger partial charge < -0.3 is 20.9 Å². The van der Waals surface area contributed by atoms with Crippen LogP contribution in [0.1, 0.15) is 12.2 Å². The van der Waals surface area contributed by atoms with Crippen LogP contribution in [0.25, 0.3) is 0 Å². The molecule has 3 atom stereocenters. The van der Waals surface area contributed by atoms with Gasteiger partial charge in [0.15, 0.2) is 0 Å². The number of aromatic nitrogens is 2. The summed E-state index contributed by atoms with van der Waals surface area (Å²) in [6, 6.07) is 2.42. The lowest BCUT2D eigenvalue weighted by Crippen LogP contribution is -2.71. The summed E-state index contributed by atoms with van der Waals surface area (Å²) in [5.41, 5.74) is 6.18. The Morgan fingerprint density at radius 1 is 1.42 bits per heavy atom. The Balaban J connectivity index is 1.87. The molecule has 3 N–H and O–H groups in total. The second kappa shape index (κ2) is 4.61. The lowest BCUT2D eigenvalue weighted by atomic mass is 9.81. The smallest absolute Gasteiger partial charge is 0.134 e. The van der Waals surface area contributed by atoms with E-state index in [-0.39, 0.29) is 6.17 Å². The Labute approximate surface area is 114 Å². The van der Waals surface area contributed by atoms with Crippen molar-refractivity contribution >= 4 is 11.6 Å². The van der Waals surface area contributed by atoms with Gasteiger partial charge in [0.2, 0.25) is 0 Å². The van der Waals surface area contributed by atoms with Gasteiger partial charge in [-0.25, -0.2) is 9.97 Å². The van der Waals surface area contributed by atoms with E-state index in [1.165, 1.54) is 6.42 Å². The highest BCUT2D eigenvalue weighted by atomic mass is 15.3. The number of rotatable bonds is 2. The Kier molecular flexibility index (Phi) is 3.06. The van der Waals surface area contributed by atoms with Gasteiger partial charge >= 0.3 is 0 Å². The van der Waals surface area contributed by atoms with Crippen molar-refractivity contribution in [3.05, 3.63) is 11.9 Å². The lowest BCUT2D eigenvalue weighted by Gasteiger charge is -2.54. The molecule has 6 heteroatoms. The topological polar surface area (TPSA) is 70.3 Å². The maximum Gasteiger partial charge on any atom is 0.134 e. The molecule has 3 heterocycles. The van der Waals surface area contributed by atoms with E-state index < -0.39 is 0 Å². The fourth-order valence-electron chi connectivity index (χ4n) is 3.06. The molecule has 3 rings (SSSR count). The molecular formula is C13H22N6. The number of aryl methyl sites for hydroxylation is 1. The first kappa shape index (κ1) is 12.6. The zero-order valence-electron chi connectivity index (χ0n) is 11.8. The first-order valence-electron chi connectivity index (χ1n) is 6.85. The van der Waals surface area contributed by atoms with Crippen molar-refractivity contribution in [1.29, 1.82) is 0 Å². The van der Waals surface area contributed by atoms with Crippen molar-refractivity contribution in [2.45, 2.75) is 25.6 Å². The monoisotopic (exact) mass is 262 g/mol. The Bertz CT molecular complexity index is 468. The van der Waals surface area contributed by atoms with Crippen molar-refractivity contribution in [3.63, 3.8) is 0 Å². The first-order chi connectivity index (χ1) is 9.06. The van der Waals surface area contributed by atoms with E-state index in [0.29, 0.717) is 12.0 Å². The van der Waals surface area contributed by atoms with E-state index in [1.54, 1.807) is 0 Å². The molecule has 0 aromatic carbocycles. The Morgan fingerprint density at radius 3 is 2.89 bits per heavy atom. The molecule has 0 radical (unpaired) electrons. The number of nitrogens with two attached hydrogens (primary N) is 1. The zero-order chi connectivity index (χ0) is 13.6. The van der Waals surface area contributed by atoms with Gasteiger partial charge in [-0.05, 0) is 19.9 Å². The minimum Gasteiger partial charge on any atom is -0.363 e. The highest BCUT2D eigenvalue weighted by Gasteiger charge is 2.45. The summed E-state index contributed by atoms with van der Waals surface area (Å²) in [5, 5.41) is 3.35. The number of piperidine rings is 1. The maximum absolute atomic E-state index is 6.18. The minimum absolute atomic E-state index is 0.0468. The Hall–Kier alpha value is -1.40. The zero-order valence-corrected chi connectivity index (χ0v) is 11.8. The second-order valence-corrected chi connectivity index (χ2v) is 5.70. The van der Waals surface area contributed by atoms with Gasteiger partial charge in [-0.2, -0.15) is 0 Å². The summed E-state index contributed by atoms with van der Waals surface area (Å²) in [6.45, 7) is 4.03. The average molecular weight is 262 g/mol. The van der Waals surface area contributed by atoms with Gasteiger partial charge in [-0.1, -0.05) is 0 Å². The van der Waals surface area contributed by atoms with Crippen LogP contribution in [0.3, 0.4) is 0 Å². The SMILES string of the molecule is Cc1nc(N(C)C)cc(N2CC3CCNC(N)C32)n1. The van der Waals surface area contributed by atoms with Crippen LogP contribution in [0.5, 0.6) is 0 Å². The molecule has 0 bridgehead atoms. The molecule has 1 aromatic rings. The molecule has 6 nitrogen and oxygen atoms in total. The molecule has 0 spiro atoms. The molecule has 104 valence electrons. The fraction of sp³-hybridized carbons (Fsp3) is 0.692. The van der Waals surface area contributed by atoms with Crippen LogP contribution in [-0.2, 0) is 0 Å². The highest BCUT2D eigenvalue weighted by molar-refractivity contribution is 5.53. The van der Waals surface area contributed by atoms with Crippen molar-refractivity contribution in [1.82, 2.24) is 15.3 Å². The Morgan fingerprint density at radius 2 is 2.21 bits per heavy atom. The van der Waals surface area contributed by atoms with Gasteiger partial charge in [-0.15, -0.1) is 0 Å². The van der Waals surface area contributed by atoms with Gasteiger partial charge in [0.05, 0.1) is 12.2 Å². The van der Waals surface area contributed by atoms with E-state index in [1.807, 2.05) is 32.0 Å². The number of nitrogens with zero attached hydrogens (tertiary/aromatic N) is 4. The normalized spacial score (nSPS) is 29.7. The second-order valence-electron chi connectivity index (χ2n) is 5.70. The maximum atomic E-state index is 6.18. The molecule has 0 saturated carbocycles. The predicted octanol–water partition coefficient (Wildman–Crippen LogP) is -0.0661. The molecule has 2 aliphatic rings. The van der Waals surface area contributed by atoms with Crippen LogP contribution < -0.4 is 20.9 Å². The number of anilines is 2. The highest BCUT2D eigenvalue weighted by Crippen LogP contribution is 2.35. The molecule has 1 aromatic heterocycles. The molecule has 2 saturated heterocycles. The average Bonchev–Trinajstić information content (AvgIpc) is 2.30. The van der Waals surface area contributed by atoms with Gasteiger partial charge in [0.1, 0.15) is 17.5 Å². The molecule has 0 aliphatic carbocycles. The van der Waals surface area contributed by atoms with Crippen LogP contribution in [0.2, 0.25) is 0 Å². The molecule has 0 amide bonds. The third kappa shape index (κ3) is 2.15. The van der Waals surface area contributed by atoms with E-state index in [4.69, 9.17) is 5.73 Å². The quantitative estimate of drug-likeness (QED) is 0.778. The predicted molar refractivity (Wildman–Crippen MR) is 76.3 cm³/mol. The van der Waals surface area contributed by atoms with E-state index in [9.17, 15) is 0 Å². The molecule has 19 heavy (non-hydrogen) atoms. The van der Waals surface area contributed by atoms with Gasteiger partial charge in [0.25, 0.3) is 0 Å². The first-order valence-corrected chi connectivity index (χ1v) is 6.85. The third-order valence-corrected chi connectivity index (χ3v) is 4.10. The summed E-state index contributed by atoms with van der Waals surface area (Å²) in [6.07, 6.45) is 1.25. The summed E-state index contributed by atoms with van der Waals surface area (Å²) in [7, 11) is 4.00. The number of fused-ring (bicyclic) bond motifs is 1. The number of nitrogens with one attached hydrogen (secondary N) is 1. The van der Waals surface area contributed by atoms with Crippen LogP contribution in [0.15, 0.2) is 6.07 Å². The summed E-state index contributed by atoms with van der Waals surface area (Å²) < 4.78 is 0. The lowest BCUT2D eigenvalue weighted by molar-refractivity contribution is 0.176. The van der Waals surface area contributed by atoms with E-state index in [0.717, 1.165) is 30.5 Å². The number of hydrogen-bond donors (Lipinski definition) is 2. The van der Waals surface area contributed by atoms with Gasteiger partial charge in [0, 0.05) is 32.6 Å². The molecule has 2 aliphatic heterocycles. The van der Waals surface area contributed by atoms with Crippen LogP contribution >= 0.6 is 0 Å². The summed E-state index contributed by atoms with van der Waals surface area (Å²) in [5.74, 6) is 3.45. The third-order valence-electron chi connectivity index (χ3n) is 4.10. The van der Waals surface area contributed by atoms with Crippen LogP contribution in [0, 0.1) is 12.8 Å². The largest absolute Gasteiger partial charge is 0.363 e. The molecule has 2 fully saturated rings. The number of hydrogen-bond acceptors (Lipinski definition) is 6. The van der Waals surface area contributed by atoms with Crippen LogP contribution in [0.4, 0.5) is 11.6 Å². The van der Waals surface area contributed by atoms with E-state index in [2.05, 4.69) is 20.2 Å². The van der Waals surface area contributed by atoms with E-state index >= 15 is 0 Å². The van der Waals surface area contributed by atoms with Crippen LogP contribution in [-0.4, -0.2) is 49.4 Å². The summed E-state index contributed by atoms with van der Waals surface area (Å²) in [4.78, 5) is 13.3. The van der Waals surface area contributed by atoms with Gasteiger partial charge in [-0.3, -0.25) is 0 Å². The van der Waals surface area contributed by atoms with Crippen molar-refractivity contribution in [2.75, 3.05) is 37.0 Å². The fourth-order valence-corrected chi connectivity index (χ4v) is 3.06. The molecule has 3 unspecified atom stereocenters. The van der Waals surface area contributed by atoms with Crippen molar-refractivity contribution in [2.24, 2.45) is 11.7 Å². The molecular weight excluding hydrogens is 240 g/mol. The summed E-state index contributed by atoms with van der Waals surface area (Å²) >= 11 is 0. The standard InChI is InChI=1S/C13H22N6/c1-8-16-10(18(2)3)6-11(17-8)19-7-9-4-5-15-13(14)12(9)19/h6,9,12-13,15H,4-5,7,14H2,1-3H3. The minimum atomic E-state index is 0.0468.